The molecular weight excluding hydrogens is 256 g/mol. The van der Waals surface area contributed by atoms with Gasteiger partial charge in [0.2, 0.25) is 0 Å². The van der Waals surface area contributed by atoms with Crippen molar-refractivity contribution < 1.29 is 14.3 Å². The van der Waals surface area contributed by atoms with E-state index in [2.05, 4.69) is 10.3 Å². The molecular formula is C15H14N2O3. The molecule has 5 heteroatoms. The third-order valence-electron chi connectivity index (χ3n) is 2.69. The van der Waals surface area contributed by atoms with E-state index < -0.39 is 5.97 Å². The van der Waals surface area contributed by atoms with E-state index in [1.807, 2.05) is 30.3 Å². The molecule has 5 nitrogen and oxygen atoms in total. The number of benzene rings is 1. The van der Waals surface area contributed by atoms with Gasteiger partial charge < -0.3 is 10.1 Å². The first-order valence-corrected chi connectivity index (χ1v) is 6.10. The molecule has 0 spiro atoms. The van der Waals surface area contributed by atoms with E-state index in [9.17, 15) is 9.59 Å². The van der Waals surface area contributed by atoms with Crippen molar-refractivity contribution in [2.75, 3.05) is 13.7 Å². The van der Waals surface area contributed by atoms with Crippen molar-refractivity contribution in [2.24, 2.45) is 0 Å². The highest BCUT2D eigenvalue weighted by molar-refractivity contribution is 5.93. The molecule has 1 aromatic heterocycles. The highest BCUT2D eigenvalue weighted by Crippen LogP contribution is 2.16. The molecule has 20 heavy (non-hydrogen) atoms. The molecule has 102 valence electrons. The molecule has 0 aliphatic rings. The average Bonchev–Trinajstić information content (AvgIpc) is 2.50. The topological polar surface area (TPSA) is 68.3 Å². The maximum atomic E-state index is 11.5. The predicted molar refractivity (Wildman–Crippen MR) is 75.8 cm³/mol. The number of hydrogen-bond acceptors (Lipinski definition) is 4. The largest absolute Gasteiger partial charge is 0.452 e. The van der Waals surface area contributed by atoms with Crippen LogP contribution in [0.25, 0.3) is 17.0 Å². The third-order valence-corrected chi connectivity index (χ3v) is 2.69. The first-order chi connectivity index (χ1) is 9.70. The lowest BCUT2D eigenvalue weighted by molar-refractivity contribution is -0.143. The molecule has 0 saturated carbocycles. The van der Waals surface area contributed by atoms with Gasteiger partial charge in [-0.05, 0) is 12.1 Å². The molecule has 0 fully saturated rings. The lowest BCUT2D eigenvalue weighted by Crippen LogP contribution is -2.24. The van der Waals surface area contributed by atoms with Crippen LogP contribution in [-0.4, -0.2) is 30.5 Å². The zero-order valence-electron chi connectivity index (χ0n) is 11.0. The summed E-state index contributed by atoms with van der Waals surface area (Å²) in [4.78, 5) is 26.7. The van der Waals surface area contributed by atoms with E-state index in [1.54, 1.807) is 12.3 Å². The second kappa shape index (κ2) is 6.47. The monoisotopic (exact) mass is 270 g/mol. The number of aromatic nitrogens is 1. The maximum Gasteiger partial charge on any atom is 0.331 e. The number of para-hydroxylation sites is 1. The second-order valence-electron chi connectivity index (χ2n) is 4.04. The Morgan fingerprint density at radius 2 is 2.10 bits per heavy atom. The summed E-state index contributed by atoms with van der Waals surface area (Å²) in [6.07, 6.45) is 4.61. The Balaban J connectivity index is 2.10. The smallest absolute Gasteiger partial charge is 0.331 e. The van der Waals surface area contributed by atoms with Crippen LogP contribution in [0.3, 0.4) is 0 Å². The van der Waals surface area contributed by atoms with Crippen LogP contribution in [-0.2, 0) is 14.3 Å². The molecule has 0 aliphatic carbocycles. The first kappa shape index (κ1) is 13.7. The van der Waals surface area contributed by atoms with Gasteiger partial charge in [-0.25, -0.2) is 4.79 Å². The Kier molecular flexibility index (Phi) is 4.44. The van der Waals surface area contributed by atoms with Gasteiger partial charge in [0.05, 0.1) is 5.52 Å². The van der Waals surface area contributed by atoms with Crippen LogP contribution < -0.4 is 5.32 Å². The van der Waals surface area contributed by atoms with Crippen molar-refractivity contribution in [3.63, 3.8) is 0 Å². The van der Waals surface area contributed by atoms with E-state index >= 15 is 0 Å². The lowest BCUT2D eigenvalue weighted by Gasteiger charge is -2.01. The van der Waals surface area contributed by atoms with Gasteiger partial charge in [-0.3, -0.25) is 9.78 Å². The zero-order chi connectivity index (χ0) is 14.4. The van der Waals surface area contributed by atoms with Crippen LogP contribution in [0.2, 0.25) is 0 Å². The summed E-state index contributed by atoms with van der Waals surface area (Å²) < 4.78 is 4.77. The van der Waals surface area contributed by atoms with Gasteiger partial charge in [-0.2, -0.15) is 0 Å². The fraction of sp³-hybridized carbons (Fsp3) is 0.133. The van der Waals surface area contributed by atoms with Crippen LogP contribution >= 0.6 is 0 Å². The summed E-state index contributed by atoms with van der Waals surface area (Å²) in [5.74, 6) is -0.917. The number of hydrogen-bond donors (Lipinski definition) is 1. The molecule has 0 unspecified atom stereocenters. The number of nitrogens with zero attached hydrogens (tertiary/aromatic N) is 1. The van der Waals surface area contributed by atoms with Gasteiger partial charge in [0.15, 0.2) is 6.61 Å². The summed E-state index contributed by atoms with van der Waals surface area (Å²) in [5.41, 5.74) is 1.63. The summed E-state index contributed by atoms with van der Waals surface area (Å²) in [7, 11) is 1.48. The van der Waals surface area contributed by atoms with Crippen LogP contribution in [0.1, 0.15) is 5.56 Å². The standard InChI is InChI=1S/C15H14N2O3/c1-16-13(18)10-20-14(19)8-7-12-5-2-4-11-6-3-9-17-15(11)12/h2-9H,10H2,1H3,(H,16,18)/b8-7+. The predicted octanol–water partition coefficient (Wildman–Crippen LogP) is 1.54. The molecule has 0 saturated heterocycles. The number of nitrogens with one attached hydrogen (secondary N) is 1. The molecule has 1 aromatic carbocycles. The summed E-state index contributed by atoms with van der Waals surface area (Å²) in [6.45, 7) is -0.284. The van der Waals surface area contributed by atoms with Gasteiger partial charge >= 0.3 is 5.97 Å². The van der Waals surface area contributed by atoms with E-state index in [0.29, 0.717) is 0 Å². The number of fused-ring (bicyclic) bond motifs is 1. The van der Waals surface area contributed by atoms with Crippen LogP contribution in [0.5, 0.6) is 0 Å². The zero-order valence-corrected chi connectivity index (χ0v) is 11.0. The Bertz CT molecular complexity index is 660. The highest BCUT2D eigenvalue weighted by atomic mass is 16.5. The SMILES string of the molecule is CNC(=O)COC(=O)/C=C/c1cccc2cccnc12. The number of ether oxygens (including phenoxy) is 1. The summed E-state index contributed by atoms with van der Waals surface area (Å²) in [5, 5.41) is 3.36. The maximum absolute atomic E-state index is 11.5. The van der Waals surface area contributed by atoms with Crippen LogP contribution in [0.15, 0.2) is 42.6 Å². The minimum Gasteiger partial charge on any atom is -0.452 e. The normalized spacial score (nSPS) is 10.7. The van der Waals surface area contributed by atoms with Gasteiger partial charge in [0.25, 0.3) is 5.91 Å². The summed E-state index contributed by atoms with van der Waals surface area (Å²) >= 11 is 0. The molecule has 0 bridgehead atoms. The molecule has 1 amide bonds. The van der Waals surface area contributed by atoms with Gasteiger partial charge in [-0.15, -0.1) is 0 Å². The van der Waals surface area contributed by atoms with Crippen molar-refractivity contribution in [1.82, 2.24) is 10.3 Å². The number of likely N-dealkylation sites (N-methyl/N-ethyl adjacent to an activating group) is 1. The van der Waals surface area contributed by atoms with Crippen LogP contribution in [0, 0.1) is 0 Å². The number of rotatable bonds is 4. The highest BCUT2D eigenvalue weighted by Gasteiger charge is 2.03. The third kappa shape index (κ3) is 3.41. The molecule has 0 radical (unpaired) electrons. The second-order valence-corrected chi connectivity index (χ2v) is 4.04. The minimum absolute atomic E-state index is 0.284. The van der Waals surface area contributed by atoms with Crippen LogP contribution in [0.4, 0.5) is 0 Å². The molecule has 1 N–H and O–H groups in total. The number of esters is 1. The summed E-state index contributed by atoms with van der Waals surface area (Å²) in [6, 6.07) is 9.50. The van der Waals surface area contributed by atoms with E-state index in [1.165, 1.54) is 13.1 Å². The van der Waals surface area contributed by atoms with Gasteiger partial charge in [-0.1, -0.05) is 24.3 Å². The number of carbonyl (C=O) groups excluding carboxylic acids is 2. The molecule has 2 aromatic rings. The fourth-order valence-corrected chi connectivity index (χ4v) is 1.68. The number of pyridine rings is 1. The van der Waals surface area contributed by atoms with Crippen molar-refractivity contribution >= 4 is 28.9 Å². The lowest BCUT2D eigenvalue weighted by atomic mass is 10.1. The Morgan fingerprint density at radius 1 is 1.30 bits per heavy atom. The van der Waals surface area contributed by atoms with Crippen molar-refractivity contribution in [1.29, 1.82) is 0 Å². The average molecular weight is 270 g/mol. The Morgan fingerprint density at radius 3 is 2.90 bits per heavy atom. The molecule has 0 atom stereocenters. The van der Waals surface area contributed by atoms with Gasteiger partial charge in [0.1, 0.15) is 0 Å². The Hall–Kier alpha value is -2.69. The van der Waals surface area contributed by atoms with Crippen molar-refractivity contribution in [3.05, 3.63) is 48.2 Å². The van der Waals surface area contributed by atoms with E-state index in [-0.39, 0.29) is 12.5 Å². The van der Waals surface area contributed by atoms with Crippen molar-refractivity contribution in [3.8, 4) is 0 Å². The number of carbonyl (C=O) groups is 2. The quantitative estimate of drug-likeness (QED) is 0.676. The first-order valence-electron chi connectivity index (χ1n) is 6.10. The van der Waals surface area contributed by atoms with E-state index in [4.69, 9.17) is 4.74 Å². The molecule has 0 aliphatic heterocycles. The Labute approximate surface area is 116 Å². The van der Waals surface area contributed by atoms with Crippen molar-refractivity contribution in [2.45, 2.75) is 0 Å². The molecule has 1 heterocycles. The van der Waals surface area contributed by atoms with Gasteiger partial charge in [0, 0.05) is 30.3 Å². The minimum atomic E-state index is -0.568. The fourth-order valence-electron chi connectivity index (χ4n) is 1.68. The number of amides is 1. The van der Waals surface area contributed by atoms with E-state index in [0.717, 1.165) is 16.5 Å². The molecule has 2 rings (SSSR count).